The monoisotopic (exact) mass is 536 g/mol. The van der Waals surface area contributed by atoms with Gasteiger partial charge < -0.3 is 25.6 Å². The number of ether oxygens (including phenoxy) is 1. The third kappa shape index (κ3) is 7.21. The van der Waals surface area contributed by atoms with Gasteiger partial charge in [0.15, 0.2) is 5.96 Å². The third-order valence-corrected chi connectivity index (χ3v) is 6.03. The number of nitrogens with zero attached hydrogens (tertiary/aromatic N) is 2. The number of hydrogen-bond donors (Lipinski definition) is 4. The van der Waals surface area contributed by atoms with Gasteiger partial charge in [-0.1, -0.05) is 35.0 Å². The van der Waals surface area contributed by atoms with E-state index < -0.39 is 5.91 Å². The zero-order valence-electron chi connectivity index (χ0n) is 20.9. The van der Waals surface area contributed by atoms with Crippen LogP contribution in [-0.2, 0) is 11.3 Å². The SMILES string of the molecule is Cc1onc2c1C(=O)NC(N)=NCc1ccc(c(Cl)c1)NC(=O)CNCCCC=CCOc1ccc-2cc1. The Balaban J connectivity index is 1.55. The summed E-state index contributed by atoms with van der Waals surface area (Å²) in [5, 5.41) is 12.9. The number of guanidine groups is 1. The molecule has 0 unspecified atom stereocenters. The molecule has 7 rings (SSSR count). The molecular formula is C27H29ClN6O4. The van der Waals surface area contributed by atoms with Crippen molar-refractivity contribution < 1.29 is 18.8 Å². The van der Waals surface area contributed by atoms with E-state index in [2.05, 4.69) is 26.1 Å². The molecule has 5 heterocycles. The van der Waals surface area contributed by atoms with Crippen LogP contribution in [0.4, 0.5) is 5.69 Å². The van der Waals surface area contributed by atoms with Crippen molar-refractivity contribution in [3.05, 3.63) is 76.5 Å². The van der Waals surface area contributed by atoms with Gasteiger partial charge in [0.05, 0.1) is 23.8 Å². The van der Waals surface area contributed by atoms with Gasteiger partial charge in [-0.2, -0.15) is 0 Å². The van der Waals surface area contributed by atoms with Gasteiger partial charge in [-0.3, -0.25) is 14.9 Å². The number of amides is 2. The molecule has 198 valence electrons. The number of aliphatic imine (C=N–C) groups is 1. The van der Waals surface area contributed by atoms with Crippen LogP contribution in [0, 0.1) is 6.92 Å². The first-order chi connectivity index (χ1) is 18.4. The number of aromatic nitrogens is 1. The summed E-state index contributed by atoms with van der Waals surface area (Å²) in [4.78, 5) is 29.5. The van der Waals surface area contributed by atoms with Gasteiger partial charge in [0.1, 0.15) is 29.4 Å². The molecule has 10 nitrogen and oxygen atoms in total. The van der Waals surface area contributed by atoms with Crippen LogP contribution in [0.15, 0.2) is 64.1 Å². The summed E-state index contributed by atoms with van der Waals surface area (Å²) in [5.74, 6) is 0.284. The van der Waals surface area contributed by atoms with Crippen LogP contribution in [0.25, 0.3) is 11.3 Å². The second-order valence-corrected chi connectivity index (χ2v) is 9.01. The molecule has 3 aromatic rings. The second-order valence-electron chi connectivity index (χ2n) is 8.61. The molecule has 2 amide bonds. The predicted octanol–water partition coefficient (Wildman–Crippen LogP) is 3.81. The summed E-state index contributed by atoms with van der Waals surface area (Å²) in [6, 6.07) is 12.4. The van der Waals surface area contributed by atoms with Crippen LogP contribution in [0.5, 0.6) is 5.75 Å². The minimum Gasteiger partial charge on any atom is -0.490 e. The smallest absolute Gasteiger partial charge is 0.263 e. The van der Waals surface area contributed by atoms with E-state index in [1.807, 2.05) is 24.3 Å². The lowest BCUT2D eigenvalue weighted by Crippen LogP contribution is -2.37. The molecule has 0 spiro atoms. The maximum Gasteiger partial charge on any atom is 0.263 e. The average molecular weight is 537 g/mol. The molecule has 5 N–H and O–H groups in total. The molecule has 0 fully saturated rings. The van der Waals surface area contributed by atoms with E-state index in [1.54, 1.807) is 37.3 Å². The number of halogens is 1. The van der Waals surface area contributed by atoms with Gasteiger partial charge in [-0.15, -0.1) is 0 Å². The fraction of sp³-hybridized carbons (Fsp3) is 0.259. The van der Waals surface area contributed by atoms with Crippen molar-refractivity contribution in [2.24, 2.45) is 10.7 Å². The van der Waals surface area contributed by atoms with Gasteiger partial charge in [0, 0.05) is 5.56 Å². The summed E-state index contributed by atoms with van der Waals surface area (Å²) < 4.78 is 11.1. The van der Waals surface area contributed by atoms with Gasteiger partial charge in [-0.25, -0.2) is 4.99 Å². The molecule has 11 heteroatoms. The lowest BCUT2D eigenvalue weighted by molar-refractivity contribution is -0.115. The number of hydrogen-bond acceptors (Lipinski definition) is 8. The molecule has 1 aromatic heterocycles. The highest BCUT2D eigenvalue weighted by Crippen LogP contribution is 2.27. The Bertz CT molecular complexity index is 1350. The quantitative estimate of drug-likeness (QED) is 0.320. The topological polar surface area (TPSA) is 144 Å². The second kappa shape index (κ2) is 12.9. The van der Waals surface area contributed by atoms with E-state index >= 15 is 0 Å². The fourth-order valence-corrected chi connectivity index (χ4v) is 4.02. The molecule has 38 heavy (non-hydrogen) atoms. The molecule has 0 radical (unpaired) electrons. The van der Waals surface area contributed by atoms with Crippen molar-refractivity contribution in [1.29, 1.82) is 0 Å². The van der Waals surface area contributed by atoms with E-state index in [9.17, 15) is 9.59 Å². The van der Waals surface area contributed by atoms with Crippen molar-refractivity contribution in [2.75, 3.05) is 25.0 Å². The molecule has 4 aliphatic heterocycles. The molecule has 0 saturated carbocycles. The molecule has 0 atom stereocenters. The number of nitrogens with two attached hydrogens (primary N) is 1. The van der Waals surface area contributed by atoms with E-state index in [0.717, 1.165) is 18.4 Å². The van der Waals surface area contributed by atoms with Crippen molar-refractivity contribution in [3.8, 4) is 17.0 Å². The lowest BCUT2D eigenvalue weighted by Gasteiger charge is -2.10. The number of allylic oxidation sites excluding steroid dienone is 1. The van der Waals surface area contributed by atoms with Gasteiger partial charge in [0.2, 0.25) is 5.91 Å². The van der Waals surface area contributed by atoms with Gasteiger partial charge in [-0.05, 0) is 68.3 Å². The molecular weight excluding hydrogens is 508 g/mol. The van der Waals surface area contributed by atoms with E-state index in [4.69, 9.17) is 26.6 Å². The van der Waals surface area contributed by atoms with Crippen molar-refractivity contribution in [1.82, 2.24) is 15.8 Å². The Morgan fingerprint density at radius 1 is 1.05 bits per heavy atom. The van der Waals surface area contributed by atoms with Gasteiger partial charge >= 0.3 is 0 Å². The minimum atomic E-state index is -0.489. The summed E-state index contributed by atoms with van der Waals surface area (Å²) in [5.41, 5.74) is 8.58. The van der Waals surface area contributed by atoms with Crippen LogP contribution in [0.2, 0.25) is 5.02 Å². The maximum absolute atomic E-state index is 13.0. The van der Waals surface area contributed by atoms with E-state index in [0.29, 0.717) is 46.6 Å². The van der Waals surface area contributed by atoms with E-state index in [-0.39, 0.29) is 30.5 Å². The number of aryl methyl sites for hydroxylation is 1. The molecule has 4 aliphatic rings. The largest absolute Gasteiger partial charge is 0.490 e. The Morgan fingerprint density at radius 3 is 2.66 bits per heavy atom. The zero-order valence-corrected chi connectivity index (χ0v) is 21.7. The number of carbonyl (C=O) groups is 2. The third-order valence-electron chi connectivity index (χ3n) is 5.72. The van der Waals surface area contributed by atoms with Crippen LogP contribution in [0.1, 0.15) is 34.5 Å². The molecule has 0 saturated heterocycles. The highest BCUT2D eigenvalue weighted by molar-refractivity contribution is 6.33. The van der Waals surface area contributed by atoms with Crippen LogP contribution >= 0.6 is 11.6 Å². The van der Waals surface area contributed by atoms with Crippen LogP contribution in [0.3, 0.4) is 0 Å². The first-order valence-electron chi connectivity index (χ1n) is 12.2. The first-order valence-corrected chi connectivity index (χ1v) is 12.5. The standard InChI is InChI=1S/C27H29ClN6O4/c1-17-24-25(34-38-17)19-7-9-20(10-8-19)37-13-5-3-2-4-12-30-16-23(35)32-22-11-6-18(14-21(22)28)15-31-27(29)33-26(24)36/h3,5-11,14,30H,2,4,12-13,15-16H2,1H3,(H,32,35)(H3,29,31,33,36). The summed E-state index contributed by atoms with van der Waals surface area (Å²) >= 11 is 6.35. The lowest BCUT2D eigenvalue weighted by atomic mass is 10.1. The number of carbonyl (C=O) groups excluding carboxylic acids is 2. The maximum atomic E-state index is 13.0. The van der Waals surface area contributed by atoms with Gasteiger partial charge in [0.25, 0.3) is 5.91 Å². The fourth-order valence-electron chi connectivity index (χ4n) is 3.77. The summed E-state index contributed by atoms with van der Waals surface area (Å²) in [6.45, 7) is 3.12. The van der Waals surface area contributed by atoms with Crippen molar-refractivity contribution >= 4 is 35.1 Å². The normalized spacial score (nSPS) is 15.8. The van der Waals surface area contributed by atoms with Crippen LogP contribution in [-0.4, -0.2) is 42.6 Å². The van der Waals surface area contributed by atoms with E-state index in [1.165, 1.54) is 0 Å². The average Bonchev–Trinajstić information content (AvgIpc) is 3.29. The van der Waals surface area contributed by atoms with Crippen molar-refractivity contribution in [2.45, 2.75) is 26.3 Å². The Hall–Kier alpha value is -4.15. The molecule has 4 bridgehead atoms. The minimum absolute atomic E-state index is 0.0700. The van der Waals surface area contributed by atoms with Crippen LogP contribution < -0.4 is 26.4 Å². The number of rotatable bonds is 0. The highest BCUT2D eigenvalue weighted by Gasteiger charge is 2.22. The van der Waals surface area contributed by atoms with Crippen molar-refractivity contribution in [3.63, 3.8) is 0 Å². The molecule has 0 aliphatic carbocycles. The Kier molecular flexibility index (Phi) is 9.12. The highest BCUT2D eigenvalue weighted by atomic mass is 35.5. The summed E-state index contributed by atoms with van der Waals surface area (Å²) in [6.07, 6.45) is 5.73. The number of nitrogens with one attached hydrogen (secondary N) is 3. The number of benzene rings is 2. The Labute approximate surface area is 225 Å². The summed E-state index contributed by atoms with van der Waals surface area (Å²) in [7, 11) is 0. The molecule has 2 aromatic carbocycles. The zero-order chi connectivity index (χ0) is 26.9. The number of anilines is 1. The predicted molar refractivity (Wildman–Crippen MR) is 146 cm³/mol. The first kappa shape index (κ1) is 26.9. The Morgan fingerprint density at radius 2 is 1.87 bits per heavy atom.